The van der Waals surface area contributed by atoms with Gasteiger partial charge in [0.25, 0.3) is 11.8 Å². The van der Waals surface area contributed by atoms with Crippen LogP contribution in [0.1, 0.15) is 57.8 Å². The van der Waals surface area contributed by atoms with E-state index < -0.39 is 0 Å². The van der Waals surface area contributed by atoms with Gasteiger partial charge in [-0.15, -0.1) is 0 Å². The largest absolute Gasteiger partial charge is 0.437 e. The average molecular weight is 385 g/mol. The van der Waals surface area contributed by atoms with Crippen LogP contribution >= 0.6 is 0 Å². The van der Waals surface area contributed by atoms with Crippen molar-refractivity contribution < 1.29 is 18.4 Å². The lowest BCUT2D eigenvalue weighted by Gasteiger charge is -2.38. The molecule has 1 aromatic carbocycles. The number of oxazole rings is 1. The van der Waals surface area contributed by atoms with Gasteiger partial charge in [-0.25, -0.2) is 9.37 Å². The quantitative estimate of drug-likeness (QED) is 0.814. The Hall–Kier alpha value is -2.70. The predicted molar refractivity (Wildman–Crippen MR) is 100 cm³/mol. The van der Waals surface area contributed by atoms with Crippen LogP contribution in [-0.2, 0) is 13.0 Å². The normalized spacial score (nSPS) is 21.1. The molecule has 2 aromatic rings. The molecule has 1 saturated carbocycles. The van der Waals surface area contributed by atoms with E-state index in [9.17, 15) is 14.0 Å². The highest BCUT2D eigenvalue weighted by atomic mass is 19.1. The molecule has 7 heteroatoms. The molecule has 6 nitrogen and oxygen atoms in total. The molecule has 0 unspecified atom stereocenters. The van der Waals surface area contributed by atoms with Gasteiger partial charge in [0.1, 0.15) is 17.3 Å². The van der Waals surface area contributed by atoms with Crippen LogP contribution in [0.2, 0.25) is 0 Å². The molecule has 0 spiro atoms. The third-order valence-corrected chi connectivity index (χ3v) is 5.82. The zero-order chi connectivity index (χ0) is 20.0. The van der Waals surface area contributed by atoms with Gasteiger partial charge in [0.2, 0.25) is 0 Å². The Morgan fingerprint density at radius 1 is 1.32 bits per heavy atom. The molecule has 2 aliphatic rings. The molecule has 2 heterocycles. The Labute approximate surface area is 163 Å². The molecule has 0 saturated heterocycles. The van der Waals surface area contributed by atoms with Gasteiger partial charge in [0, 0.05) is 31.6 Å². The first-order valence-corrected chi connectivity index (χ1v) is 9.64. The molecular formula is C21H24FN3O3. The van der Waals surface area contributed by atoms with Gasteiger partial charge < -0.3 is 14.2 Å². The van der Waals surface area contributed by atoms with Gasteiger partial charge >= 0.3 is 5.91 Å². The first-order valence-electron chi connectivity index (χ1n) is 9.64. The second-order valence-corrected chi connectivity index (χ2v) is 7.98. The summed E-state index contributed by atoms with van der Waals surface area (Å²) in [4.78, 5) is 33.2. The van der Waals surface area contributed by atoms with Crippen molar-refractivity contribution in [1.29, 1.82) is 0 Å². The van der Waals surface area contributed by atoms with Crippen LogP contribution in [0.25, 0.3) is 0 Å². The van der Waals surface area contributed by atoms with Crippen LogP contribution in [0.4, 0.5) is 4.39 Å². The highest BCUT2D eigenvalue weighted by molar-refractivity contribution is 5.94. The van der Waals surface area contributed by atoms with E-state index in [4.69, 9.17) is 4.42 Å². The average Bonchev–Trinajstić information content (AvgIpc) is 3.09. The molecule has 1 aliphatic heterocycles. The van der Waals surface area contributed by atoms with E-state index in [0.29, 0.717) is 41.5 Å². The zero-order valence-electron chi connectivity index (χ0n) is 16.4. The molecule has 28 heavy (non-hydrogen) atoms. The van der Waals surface area contributed by atoms with E-state index in [1.54, 1.807) is 29.8 Å². The molecule has 148 valence electrons. The molecule has 0 N–H and O–H groups in total. The van der Waals surface area contributed by atoms with Crippen molar-refractivity contribution in [3.8, 4) is 0 Å². The Morgan fingerprint density at radius 2 is 2.07 bits per heavy atom. The third kappa shape index (κ3) is 3.30. The van der Waals surface area contributed by atoms with Gasteiger partial charge in [0.05, 0.1) is 6.54 Å². The van der Waals surface area contributed by atoms with Crippen LogP contribution in [0.5, 0.6) is 0 Å². The van der Waals surface area contributed by atoms with Gasteiger partial charge in [-0.1, -0.05) is 6.92 Å². The predicted octanol–water partition coefficient (Wildman–Crippen LogP) is 3.19. The van der Waals surface area contributed by atoms with Crippen molar-refractivity contribution in [2.75, 3.05) is 13.6 Å². The Balaban J connectivity index is 1.47. The first kappa shape index (κ1) is 18.7. The van der Waals surface area contributed by atoms with E-state index in [1.807, 2.05) is 0 Å². The lowest BCUT2D eigenvalue weighted by Crippen LogP contribution is -2.44. The summed E-state index contributed by atoms with van der Waals surface area (Å²) in [7, 11) is 1.79. The maximum atomic E-state index is 13.5. The molecule has 0 atom stereocenters. The fraction of sp³-hybridized carbons (Fsp3) is 0.476. The van der Waals surface area contributed by atoms with Crippen molar-refractivity contribution in [3.05, 3.63) is 52.5 Å². The minimum absolute atomic E-state index is 0.0963. The highest BCUT2D eigenvalue weighted by Crippen LogP contribution is 2.31. The van der Waals surface area contributed by atoms with Crippen LogP contribution in [-0.4, -0.2) is 46.2 Å². The number of aromatic nitrogens is 1. The summed E-state index contributed by atoms with van der Waals surface area (Å²) in [5, 5.41) is 0. The molecule has 4 rings (SSSR count). The minimum atomic E-state index is -0.331. The number of benzene rings is 1. The summed E-state index contributed by atoms with van der Waals surface area (Å²) in [6, 6.07) is 4.60. The van der Waals surface area contributed by atoms with Crippen LogP contribution in [0.15, 0.2) is 22.6 Å². The third-order valence-electron chi connectivity index (χ3n) is 5.82. The van der Waals surface area contributed by atoms with Crippen LogP contribution in [0, 0.1) is 18.7 Å². The van der Waals surface area contributed by atoms with Crippen molar-refractivity contribution in [2.24, 2.45) is 5.92 Å². The van der Waals surface area contributed by atoms with Crippen molar-refractivity contribution in [1.82, 2.24) is 14.8 Å². The SMILES string of the molecule is Cc1cc(C(=O)N2CCc3oc(C(=O)N(C)C4CC(C)C4)nc3C2)ccc1F. The monoisotopic (exact) mass is 385 g/mol. The Bertz CT molecular complexity index is 933. The lowest BCUT2D eigenvalue weighted by atomic mass is 9.81. The number of hydrogen-bond donors (Lipinski definition) is 0. The number of aryl methyl sites for hydroxylation is 1. The fourth-order valence-corrected chi connectivity index (χ4v) is 3.92. The summed E-state index contributed by atoms with van der Waals surface area (Å²) in [6.07, 6.45) is 2.51. The number of amides is 2. The molecule has 2 amide bonds. The maximum Gasteiger partial charge on any atom is 0.309 e. The number of nitrogens with zero attached hydrogens (tertiary/aromatic N) is 3. The van der Waals surface area contributed by atoms with Crippen LogP contribution < -0.4 is 0 Å². The second-order valence-electron chi connectivity index (χ2n) is 7.98. The smallest absolute Gasteiger partial charge is 0.309 e. The number of halogens is 1. The molecule has 1 fully saturated rings. The van der Waals surface area contributed by atoms with Crippen molar-refractivity contribution >= 4 is 11.8 Å². The summed E-state index contributed by atoms with van der Waals surface area (Å²) in [6.45, 7) is 4.56. The minimum Gasteiger partial charge on any atom is -0.437 e. The van der Waals surface area contributed by atoms with Crippen molar-refractivity contribution in [3.63, 3.8) is 0 Å². The summed E-state index contributed by atoms with van der Waals surface area (Å²) in [5.74, 6) is 0.690. The van der Waals surface area contributed by atoms with Gasteiger partial charge in [0.15, 0.2) is 0 Å². The molecule has 0 radical (unpaired) electrons. The first-order chi connectivity index (χ1) is 13.3. The second kappa shape index (κ2) is 7.04. The number of carbonyl (C=O) groups excluding carboxylic acids is 2. The zero-order valence-corrected chi connectivity index (χ0v) is 16.4. The summed E-state index contributed by atoms with van der Waals surface area (Å²) in [5.41, 5.74) is 1.50. The van der Waals surface area contributed by atoms with E-state index in [0.717, 1.165) is 12.8 Å². The topological polar surface area (TPSA) is 66.7 Å². The Morgan fingerprint density at radius 3 is 2.75 bits per heavy atom. The summed E-state index contributed by atoms with van der Waals surface area (Å²) < 4.78 is 19.2. The lowest BCUT2D eigenvalue weighted by molar-refractivity contribution is 0.0530. The van der Waals surface area contributed by atoms with E-state index >= 15 is 0 Å². The molecule has 1 aliphatic carbocycles. The standard InChI is InChI=1S/C21H24FN3O3/c1-12-8-15(9-12)24(3)21(27)19-23-17-11-25(7-6-18(17)28-19)20(26)14-4-5-16(22)13(2)10-14/h4-5,10,12,15H,6-9,11H2,1-3H3. The molecular weight excluding hydrogens is 361 g/mol. The number of rotatable bonds is 3. The van der Waals surface area contributed by atoms with Gasteiger partial charge in [-0.3, -0.25) is 9.59 Å². The van der Waals surface area contributed by atoms with E-state index in [-0.39, 0.29) is 36.1 Å². The van der Waals surface area contributed by atoms with Gasteiger partial charge in [-0.05, 0) is 49.4 Å². The van der Waals surface area contributed by atoms with Gasteiger partial charge in [-0.2, -0.15) is 0 Å². The fourth-order valence-electron chi connectivity index (χ4n) is 3.92. The highest BCUT2D eigenvalue weighted by Gasteiger charge is 2.35. The number of hydrogen-bond acceptors (Lipinski definition) is 4. The maximum absolute atomic E-state index is 13.5. The van der Waals surface area contributed by atoms with E-state index in [1.165, 1.54) is 12.1 Å². The number of fused-ring (bicyclic) bond motifs is 1. The molecule has 0 bridgehead atoms. The van der Waals surface area contributed by atoms with Crippen LogP contribution in [0.3, 0.4) is 0 Å². The number of carbonyl (C=O) groups is 2. The molecule has 1 aromatic heterocycles. The van der Waals surface area contributed by atoms with Crippen molar-refractivity contribution in [2.45, 2.75) is 45.7 Å². The summed E-state index contributed by atoms with van der Waals surface area (Å²) >= 11 is 0. The Kier molecular flexibility index (Phi) is 4.69. The van der Waals surface area contributed by atoms with E-state index in [2.05, 4.69) is 11.9 Å².